The molecule has 0 radical (unpaired) electrons. The van der Waals surface area contributed by atoms with E-state index < -0.39 is 0 Å². The Balaban J connectivity index is 0.000000180. The summed E-state index contributed by atoms with van der Waals surface area (Å²) in [5, 5.41) is 10.7. The second-order valence-electron chi connectivity index (χ2n) is 10.5. The second kappa shape index (κ2) is 12.1. The normalized spacial score (nSPS) is 13.8. The van der Waals surface area contributed by atoms with Gasteiger partial charge in [0.25, 0.3) is 0 Å². The average molecular weight is 512 g/mol. The molecular weight excluding hydrogens is 470 g/mol. The molecule has 0 bridgehead atoms. The molecule has 4 aromatic rings. The van der Waals surface area contributed by atoms with Crippen LogP contribution in [-0.4, -0.2) is 29.6 Å². The molecule has 3 aromatic carbocycles. The number of thiophene rings is 1. The Labute approximate surface area is 227 Å². The largest absolute Gasteiger partial charge is 0.508 e. The zero-order valence-electron chi connectivity index (χ0n) is 23.1. The summed E-state index contributed by atoms with van der Waals surface area (Å²) in [5.41, 5.74) is 9.02. The summed E-state index contributed by atoms with van der Waals surface area (Å²) in [7, 11) is 0. The lowest BCUT2D eigenvalue weighted by Crippen LogP contribution is -2.46. The van der Waals surface area contributed by atoms with E-state index >= 15 is 0 Å². The van der Waals surface area contributed by atoms with Crippen LogP contribution < -0.4 is 0 Å². The van der Waals surface area contributed by atoms with Crippen LogP contribution in [0.3, 0.4) is 0 Å². The third kappa shape index (κ3) is 6.71. The Bertz CT molecular complexity index is 1340. The monoisotopic (exact) mass is 511 g/mol. The van der Waals surface area contributed by atoms with Gasteiger partial charge in [0.2, 0.25) is 0 Å². The van der Waals surface area contributed by atoms with Crippen molar-refractivity contribution in [3.8, 4) is 5.75 Å². The third-order valence-corrected chi connectivity index (χ3v) is 8.70. The number of phenolic OH excluding ortho intramolecular Hbond substituents is 1. The van der Waals surface area contributed by atoms with Crippen LogP contribution in [0, 0.1) is 26.7 Å². The van der Waals surface area contributed by atoms with Crippen molar-refractivity contribution in [1.29, 1.82) is 0 Å². The van der Waals surface area contributed by atoms with Crippen LogP contribution in [0.2, 0.25) is 0 Å². The molecule has 2 nitrogen and oxygen atoms in total. The summed E-state index contributed by atoms with van der Waals surface area (Å²) in [6, 6.07) is 21.1. The number of rotatable bonds is 7. The smallest absolute Gasteiger partial charge is 0.117 e. The number of likely N-dealkylation sites (tertiary alicyclic amines) is 1. The molecule has 1 saturated heterocycles. The number of fused-ring (bicyclic) bond motifs is 1. The number of phenols is 1. The highest BCUT2D eigenvalue weighted by Crippen LogP contribution is 2.36. The van der Waals surface area contributed by atoms with Crippen LogP contribution >= 0.6 is 11.3 Å². The predicted octanol–water partition coefficient (Wildman–Crippen LogP) is 8.73. The number of aryl methyl sites for hydroxylation is 4. The molecule has 0 unspecified atom stereocenters. The van der Waals surface area contributed by atoms with E-state index in [2.05, 4.69) is 88.6 Å². The number of nitrogens with zero attached hydrogens (tertiary/aromatic N) is 1. The van der Waals surface area contributed by atoms with E-state index in [9.17, 15) is 5.11 Å². The highest BCUT2D eigenvalue weighted by molar-refractivity contribution is 7.20. The van der Waals surface area contributed by atoms with Crippen molar-refractivity contribution >= 4 is 27.0 Å². The summed E-state index contributed by atoms with van der Waals surface area (Å²) in [4.78, 5) is 3.73. The molecule has 0 saturated carbocycles. The van der Waals surface area contributed by atoms with E-state index in [1.54, 1.807) is 17.4 Å². The van der Waals surface area contributed by atoms with Gasteiger partial charge in [-0.25, -0.2) is 0 Å². The lowest BCUT2D eigenvalue weighted by atomic mass is 9.93. The van der Waals surface area contributed by atoms with Crippen molar-refractivity contribution < 1.29 is 5.11 Å². The Hall–Kier alpha value is -2.88. The molecule has 1 N–H and O–H groups in total. The van der Waals surface area contributed by atoms with E-state index in [0.717, 1.165) is 32.9 Å². The molecule has 0 atom stereocenters. The van der Waals surface area contributed by atoms with Gasteiger partial charge in [0, 0.05) is 29.2 Å². The fourth-order valence-corrected chi connectivity index (χ4v) is 6.37. The quantitative estimate of drug-likeness (QED) is 0.268. The van der Waals surface area contributed by atoms with Crippen molar-refractivity contribution in [2.24, 2.45) is 5.92 Å². The molecule has 1 aliphatic rings. The first kappa shape index (κ1) is 27.2. The number of aromatic hydroxyl groups is 1. The predicted molar refractivity (Wildman–Crippen MR) is 162 cm³/mol. The number of hydrogen-bond acceptors (Lipinski definition) is 3. The van der Waals surface area contributed by atoms with E-state index in [4.69, 9.17) is 0 Å². The van der Waals surface area contributed by atoms with Gasteiger partial charge in [-0.2, -0.15) is 0 Å². The van der Waals surface area contributed by atoms with Gasteiger partial charge in [-0.05, 0) is 103 Å². The van der Waals surface area contributed by atoms with Gasteiger partial charge < -0.3 is 10.0 Å². The molecule has 37 heavy (non-hydrogen) atoms. The van der Waals surface area contributed by atoms with Gasteiger partial charge in [-0.15, -0.1) is 11.3 Å². The summed E-state index contributed by atoms with van der Waals surface area (Å²) < 4.78 is 1.09. The molecule has 1 fully saturated rings. The molecular formula is C34H41NOS. The molecule has 1 aromatic heterocycles. The molecule has 2 heterocycles. The van der Waals surface area contributed by atoms with Gasteiger partial charge in [-0.1, -0.05) is 68.8 Å². The molecule has 5 rings (SSSR count). The van der Waals surface area contributed by atoms with Crippen LogP contribution in [0.25, 0.3) is 15.7 Å². The van der Waals surface area contributed by atoms with Gasteiger partial charge in [-0.3, -0.25) is 0 Å². The minimum Gasteiger partial charge on any atom is -0.508 e. The van der Waals surface area contributed by atoms with Crippen molar-refractivity contribution in [1.82, 2.24) is 4.90 Å². The van der Waals surface area contributed by atoms with Gasteiger partial charge in [0.15, 0.2) is 0 Å². The third-order valence-electron chi connectivity index (χ3n) is 7.54. The van der Waals surface area contributed by atoms with E-state index in [1.165, 1.54) is 65.9 Å². The van der Waals surface area contributed by atoms with E-state index in [1.807, 2.05) is 12.1 Å². The Morgan fingerprint density at radius 3 is 2.19 bits per heavy atom. The lowest BCUT2D eigenvalue weighted by molar-refractivity contribution is 0.0994. The summed E-state index contributed by atoms with van der Waals surface area (Å²) in [6.45, 7) is 19.1. The van der Waals surface area contributed by atoms with Crippen LogP contribution in [0.15, 0.2) is 67.2 Å². The first-order valence-corrected chi connectivity index (χ1v) is 14.4. The minimum absolute atomic E-state index is 0.309. The van der Waals surface area contributed by atoms with Gasteiger partial charge in [0.05, 0.1) is 0 Å². The summed E-state index contributed by atoms with van der Waals surface area (Å²) >= 11 is 1.68. The van der Waals surface area contributed by atoms with Gasteiger partial charge >= 0.3 is 0 Å². The SMILES string of the molecule is C=C(c1cc2ccc(O)cc2s1)c1c(C)cc(C)cc1C.CCc1ccc(CCN2CC(CC)C2)cc1. The number of benzene rings is 3. The molecule has 1 aliphatic heterocycles. The highest BCUT2D eigenvalue weighted by Gasteiger charge is 2.23. The van der Waals surface area contributed by atoms with Crippen LogP contribution in [0.1, 0.15) is 58.5 Å². The maximum Gasteiger partial charge on any atom is 0.117 e. The Morgan fingerprint density at radius 1 is 0.919 bits per heavy atom. The summed E-state index contributed by atoms with van der Waals surface area (Å²) in [6.07, 6.45) is 3.70. The van der Waals surface area contributed by atoms with Crippen molar-refractivity contribution in [3.63, 3.8) is 0 Å². The zero-order chi connectivity index (χ0) is 26.5. The van der Waals surface area contributed by atoms with Crippen LogP contribution in [-0.2, 0) is 12.8 Å². The van der Waals surface area contributed by atoms with Crippen LogP contribution in [0.4, 0.5) is 0 Å². The molecule has 0 amide bonds. The summed E-state index contributed by atoms with van der Waals surface area (Å²) in [5.74, 6) is 1.28. The van der Waals surface area contributed by atoms with E-state index in [-0.39, 0.29) is 0 Å². The minimum atomic E-state index is 0.309. The number of hydrogen-bond donors (Lipinski definition) is 1. The van der Waals surface area contributed by atoms with Crippen LogP contribution in [0.5, 0.6) is 5.75 Å². The van der Waals surface area contributed by atoms with Crippen molar-refractivity contribution in [2.75, 3.05) is 19.6 Å². The molecule has 3 heteroatoms. The van der Waals surface area contributed by atoms with Crippen molar-refractivity contribution in [2.45, 2.75) is 53.9 Å². The highest BCUT2D eigenvalue weighted by atomic mass is 32.1. The standard InChI is InChI=1S/C19H18OS.C15H23N/c1-11-7-12(2)19(13(3)8-11)14(4)17-9-15-5-6-16(20)10-18(15)21-17;1-3-13-5-7-15(8-6-13)9-10-16-11-14(4-2)12-16/h5-10,20H,4H2,1-3H3;5-8,14H,3-4,9-12H2,1-2H3. The maximum atomic E-state index is 9.60. The molecule has 0 spiro atoms. The Morgan fingerprint density at radius 2 is 1.57 bits per heavy atom. The van der Waals surface area contributed by atoms with Crippen molar-refractivity contribution in [3.05, 3.63) is 106 Å². The Kier molecular flexibility index (Phi) is 8.89. The van der Waals surface area contributed by atoms with Gasteiger partial charge in [0.1, 0.15) is 5.75 Å². The topological polar surface area (TPSA) is 23.5 Å². The second-order valence-corrected chi connectivity index (χ2v) is 11.6. The lowest BCUT2D eigenvalue weighted by Gasteiger charge is -2.38. The fourth-order valence-electron chi connectivity index (χ4n) is 5.29. The zero-order valence-corrected chi connectivity index (χ0v) is 23.9. The molecule has 194 valence electrons. The first-order valence-electron chi connectivity index (χ1n) is 13.6. The van der Waals surface area contributed by atoms with E-state index in [0.29, 0.717) is 5.75 Å². The fraction of sp³-hybridized carbons (Fsp3) is 0.353. The molecule has 0 aliphatic carbocycles. The maximum absolute atomic E-state index is 9.60. The first-order chi connectivity index (χ1) is 17.8. The average Bonchev–Trinajstić information content (AvgIpc) is 3.27.